The van der Waals surface area contributed by atoms with Gasteiger partial charge in [0.05, 0.1) is 11.0 Å². The molecule has 0 aliphatic heterocycles. The molecule has 0 bridgehead atoms. The van der Waals surface area contributed by atoms with E-state index in [4.69, 9.17) is 4.98 Å². The lowest BCUT2D eigenvalue weighted by molar-refractivity contribution is 1.02. The second-order valence-electron chi connectivity index (χ2n) is 6.68. The SMILES string of the molecule is Cc1cc(C)c2nc(-c3ccc4c5c(cccc35)CC4)[nH]c2c1. The Bertz CT molecular complexity index is 1080. The van der Waals surface area contributed by atoms with Crippen molar-refractivity contribution in [1.29, 1.82) is 0 Å². The molecule has 1 N–H and O–H groups in total. The van der Waals surface area contributed by atoms with Crippen LogP contribution in [0.4, 0.5) is 0 Å². The molecule has 0 saturated heterocycles. The van der Waals surface area contributed by atoms with Crippen molar-refractivity contribution >= 4 is 21.8 Å². The number of hydrogen-bond acceptors (Lipinski definition) is 1. The van der Waals surface area contributed by atoms with Crippen molar-refractivity contribution in [3.8, 4) is 11.4 Å². The van der Waals surface area contributed by atoms with E-state index in [2.05, 4.69) is 61.3 Å². The van der Waals surface area contributed by atoms with E-state index in [1.54, 1.807) is 0 Å². The molecule has 1 aliphatic rings. The zero-order chi connectivity index (χ0) is 15.6. The lowest BCUT2D eigenvalue weighted by Gasteiger charge is -2.06. The molecule has 0 saturated carbocycles. The summed E-state index contributed by atoms with van der Waals surface area (Å²) >= 11 is 0. The first-order chi connectivity index (χ1) is 11.2. The first kappa shape index (κ1) is 12.9. The van der Waals surface area contributed by atoms with Crippen molar-refractivity contribution in [2.45, 2.75) is 26.7 Å². The van der Waals surface area contributed by atoms with Gasteiger partial charge in [0.2, 0.25) is 0 Å². The van der Waals surface area contributed by atoms with Crippen molar-refractivity contribution in [1.82, 2.24) is 9.97 Å². The molecule has 1 heterocycles. The molecular weight excluding hydrogens is 280 g/mol. The summed E-state index contributed by atoms with van der Waals surface area (Å²) in [5.41, 5.74) is 8.86. The maximum atomic E-state index is 4.90. The smallest absolute Gasteiger partial charge is 0.139 e. The maximum Gasteiger partial charge on any atom is 0.139 e. The minimum absolute atomic E-state index is 0.976. The minimum Gasteiger partial charge on any atom is -0.338 e. The molecule has 2 heteroatoms. The van der Waals surface area contributed by atoms with E-state index in [-0.39, 0.29) is 0 Å². The van der Waals surface area contributed by atoms with Crippen LogP contribution in [0.15, 0.2) is 42.5 Å². The molecule has 2 nitrogen and oxygen atoms in total. The van der Waals surface area contributed by atoms with Gasteiger partial charge in [-0.25, -0.2) is 4.98 Å². The standard InChI is InChI=1S/C21H18N2/c1-12-10-13(2)20-18(11-12)22-21(23-20)17-9-8-15-7-6-14-4-3-5-16(17)19(14)15/h3-5,8-11H,6-7H2,1-2H3,(H,22,23). The van der Waals surface area contributed by atoms with Gasteiger partial charge < -0.3 is 4.98 Å². The molecule has 5 rings (SSSR count). The third-order valence-electron chi connectivity index (χ3n) is 5.05. The van der Waals surface area contributed by atoms with Gasteiger partial charge >= 0.3 is 0 Å². The third-order valence-corrected chi connectivity index (χ3v) is 5.05. The van der Waals surface area contributed by atoms with Crippen LogP contribution in [0.25, 0.3) is 33.2 Å². The highest BCUT2D eigenvalue weighted by atomic mass is 14.9. The molecule has 112 valence electrons. The molecule has 0 fully saturated rings. The molecule has 3 aromatic carbocycles. The summed E-state index contributed by atoms with van der Waals surface area (Å²) < 4.78 is 0. The fourth-order valence-electron chi connectivity index (χ4n) is 4.05. The third kappa shape index (κ3) is 1.78. The van der Waals surface area contributed by atoms with Gasteiger partial charge in [-0.2, -0.15) is 0 Å². The van der Waals surface area contributed by atoms with Crippen LogP contribution in [0.3, 0.4) is 0 Å². The zero-order valence-electron chi connectivity index (χ0n) is 13.4. The molecule has 1 aromatic heterocycles. The Morgan fingerprint density at radius 3 is 2.65 bits per heavy atom. The van der Waals surface area contributed by atoms with E-state index < -0.39 is 0 Å². The number of nitrogens with one attached hydrogen (secondary N) is 1. The summed E-state index contributed by atoms with van der Waals surface area (Å²) in [6.45, 7) is 4.26. The van der Waals surface area contributed by atoms with Gasteiger partial charge in [-0.3, -0.25) is 0 Å². The van der Waals surface area contributed by atoms with Crippen molar-refractivity contribution in [3.05, 3.63) is 64.7 Å². The van der Waals surface area contributed by atoms with Crippen molar-refractivity contribution in [3.63, 3.8) is 0 Å². The van der Waals surface area contributed by atoms with Gasteiger partial charge in [0, 0.05) is 5.56 Å². The number of nitrogens with zero attached hydrogens (tertiary/aromatic N) is 1. The van der Waals surface area contributed by atoms with E-state index in [9.17, 15) is 0 Å². The topological polar surface area (TPSA) is 28.7 Å². The Balaban J connectivity index is 1.83. The molecule has 0 atom stereocenters. The Labute approximate surface area is 135 Å². The molecule has 1 aliphatic carbocycles. The number of aromatic amines is 1. The molecular formula is C21H18N2. The van der Waals surface area contributed by atoms with Gasteiger partial charge in [0.25, 0.3) is 0 Å². The number of benzene rings is 3. The Kier molecular flexibility index (Phi) is 2.49. The fraction of sp³-hybridized carbons (Fsp3) is 0.190. The van der Waals surface area contributed by atoms with Crippen LogP contribution < -0.4 is 0 Å². The lowest BCUT2D eigenvalue weighted by atomic mass is 9.99. The lowest BCUT2D eigenvalue weighted by Crippen LogP contribution is -1.86. The van der Waals surface area contributed by atoms with Gasteiger partial charge in [-0.1, -0.05) is 36.4 Å². The van der Waals surface area contributed by atoms with Crippen LogP contribution in [-0.2, 0) is 12.8 Å². The Morgan fingerprint density at radius 2 is 1.78 bits per heavy atom. The molecule has 0 amide bonds. The van der Waals surface area contributed by atoms with E-state index in [0.29, 0.717) is 0 Å². The highest BCUT2D eigenvalue weighted by molar-refractivity contribution is 6.01. The van der Waals surface area contributed by atoms with Crippen LogP contribution in [0.5, 0.6) is 0 Å². The van der Waals surface area contributed by atoms with Crippen LogP contribution in [0.2, 0.25) is 0 Å². The first-order valence-corrected chi connectivity index (χ1v) is 8.21. The number of H-pyrrole nitrogens is 1. The van der Waals surface area contributed by atoms with E-state index >= 15 is 0 Å². The van der Waals surface area contributed by atoms with Gasteiger partial charge in [-0.15, -0.1) is 0 Å². The Hall–Kier alpha value is -2.61. The Morgan fingerprint density at radius 1 is 0.957 bits per heavy atom. The molecule has 0 unspecified atom stereocenters. The van der Waals surface area contributed by atoms with Crippen LogP contribution >= 0.6 is 0 Å². The first-order valence-electron chi connectivity index (χ1n) is 8.21. The summed E-state index contributed by atoms with van der Waals surface area (Å²) in [5, 5.41) is 2.77. The predicted octanol–water partition coefficient (Wildman–Crippen LogP) is 5.10. The largest absolute Gasteiger partial charge is 0.338 e. The van der Waals surface area contributed by atoms with E-state index in [1.165, 1.54) is 38.6 Å². The number of rotatable bonds is 1. The van der Waals surface area contributed by atoms with Crippen molar-refractivity contribution in [2.75, 3.05) is 0 Å². The number of fused-ring (bicyclic) bond motifs is 1. The van der Waals surface area contributed by atoms with Crippen molar-refractivity contribution < 1.29 is 0 Å². The number of hydrogen-bond donors (Lipinski definition) is 1. The highest BCUT2D eigenvalue weighted by Crippen LogP contribution is 2.36. The number of imidazole rings is 1. The van der Waals surface area contributed by atoms with Crippen molar-refractivity contribution in [2.24, 2.45) is 0 Å². The van der Waals surface area contributed by atoms with E-state index in [0.717, 1.165) is 29.7 Å². The van der Waals surface area contributed by atoms with Gasteiger partial charge in [0.1, 0.15) is 5.82 Å². The summed E-state index contributed by atoms with van der Waals surface area (Å²) in [4.78, 5) is 8.43. The number of aryl methyl sites for hydroxylation is 4. The molecule has 0 spiro atoms. The molecule has 23 heavy (non-hydrogen) atoms. The normalized spacial score (nSPS) is 13.3. The predicted molar refractivity (Wildman–Crippen MR) is 95.9 cm³/mol. The second kappa shape index (κ2) is 4.45. The average molecular weight is 298 g/mol. The monoisotopic (exact) mass is 298 g/mol. The average Bonchev–Trinajstić information content (AvgIpc) is 3.14. The molecule has 0 radical (unpaired) electrons. The summed E-state index contributed by atoms with van der Waals surface area (Å²) in [6, 6.07) is 15.5. The quantitative estimate of drug-likeness (QED) is 0.520. The summed E-state index contributed by atoms with van der Waals surface area (Å²) in [5.74, 6) is 0.976. The minimum atomic E-state index is 0.976. The second-order valence-corrected chi connectivity index (χ2v) is 6.68. The van der Waals surface area contributed by atoms with Crippen LogP contribution in [0.1, 0.15) is 22.3 Å². The number of aromatic nitrogens is 2. The zero-order valence-corrected chi connectivity index (χ0v) is 13.4. The van der Waals surface area contributed by atoms with Crippen LogP contribution in [-0.4, -0.2) is 9.97 Å². The fourth-order valence-corrected chi connectivity index (χ4v) is 4.05. The summed E-state index contributed by atoms with van der Waals surface area (Å²) in [7, 11) is 0. The van der Waals surface area contributed by atoms with E-state index in [1.807, 2.05) is 0 Å². The highest BCUT2D eigenvalue weighted by Gasteiger charge is 2.18. The summed E-state index contributed by atoms with van der Waals surface area (Å²) in [6.07, 6.45) is 2.32. The van der Waals surface area contributed by atoms with Crippen LogP contribution in [0, 0.1) is 13.8 Å². The van der Waals surface area contributed by atoms with Gasteiger partial charge in [0.15, 0.2) is 0 Å². The maximum absolute atomic E-state index is 4.90. The van der Waals surface area contributed by atoms with Gasteiger partial charge in [-0.05, 0) is 65.8 Å². The molecule has 4 aromatic rings.